The van der Waals surface area contributed by atoms with Crippen molar-refractivity contribution in [1.29, 1.82) is 0 Å². The third-order valence-electron chi connectivity index (χ3n) is 4.11. The van der Waals surface area contributed by atoms with Gasteiger partial charge >= 0.3 is 0 Å². The van der Waals surface area contributed by atoms with Gasteiger partial charge in [0.25, 0.3) is 0 Å². The summed E-state index contributed by atoms with van der Waals surface area (Å²) in [5.41, 5.74) is 1.36. The summed E-state index contributed by atoms with van der Waals surface area (Å²) in [6, 6.07) is 7.12. The van der Waals surface area contributed by atoms with E-state index in [2.05, 4.69) is 26.9 Å². The van der Waals surface area contributed by atoms with E-state index in [-0.39, 0.29) is 18.4 Å². The van der Waals surface area contributed by atoms with Gasteiger partial charge in [0.1, 0.15) is 6.54 Å². The minimum atomic E-state index is -0.218. The number of amides is 2. The van der Waals surface area contributed by atoms with Crippen molar-refractivity contribution in [2.45, 2.75) is 26.2 Å². The minimum absolute atomic E-state index is 0.000224. The Bertz CT molecular complexity index is 723. The maximum Gasteiger partial charge on any atom is 0.246 e. The van der Waals surface area contributed by atoms with Crippen molar-refractivity contribution in [3.8, 4) is 12.3 Å². The molecule has 1 aromatic rings. The highest BCUT2D eigenvalue weighted by Crippen LogP contribution is 2.10. The first-order valence-electron chi connectivity index (χ1n) is 9.29. The molecule has 144 valence electrons. The monoisotopic (exact) mass is 369 g/mol. The Morgan fingerprint density at radius 1 is 1.37 bits per heavy atom. The molecule has 1 saturated heterocycles. The number of benzene rings is 1. The van der Waals surface area contributed by atoms with Gasteiger partial charge in [-0.05, 0) is 38.0 Å². The van der Waals surface area contributed by atoms with Gasteiger partial charge in [-0.1, -0.05) is 12.0 Å². The highest BCUT2D eigenvalue weighted by molar-refractivity contribution is 5.94. The van der Waals surface area contributed by atoms with Gasteiger partial charge in [0.15, 0.2) is 5.96 Å². The maximum absolute atomic E-state index is 12.1. The molecule has 1 aromatic carbocycles. The van der Waals surface area contributed by atoms with Gasteiger partial charge in [-0.3, -0.25) is 9.59 Å². The van der Waals surface area contributed by atoms with Gasteiger partial charge in [0.05, 0.1) is 0 Å². The summed E-state index contributed by atoms with van der Waals surface area (Å²) < 4.78 is 0. The van der Waals surface area contributed by atoms with Crippen LogP contribution in [-0.4, -0.2) is 55.4 Å². The summed E-state index contributed by atoms with van der Waals surface area (Å²) in [6.45, 7) is 4.95. The number of carbonyl (C=O) groups excluding carboxylic acids is 2. The fraction of sp³-hybridized carbons (Fsp3) is 0.450. The Morgan fingerprint density at radius 2 is 2.22 bits per heavy atom. The van der Waals surface area contributed by atoms with Gasteiger partial charge < -0.3 is 20.9 Å². The molecule has 0 radical (unpaired) electrons. The molecule has 1 aliphatic heterocycles. The van der Waals surface area contributed by atoms with Crippen molar-refractivity contribution < 1.29 is 9.59 Å². The summed E-state index contributed by atoms with van der Waals surface area (Å²) in [5.74, 6) is 3.14. The lowest BCUT2D eigenvalue weighted by Gasteiger charge is -2.16. The second-order valence-corrected chi connectivity index (χ2v) is 6.23. The minimum Gasteiger partial charge on any atom is -0.357 e. The lowest BCUT2D eigenvalue weighted by molar-refractivity contribution is -0.127. The fourth-order valence-electron chi connectivity index (χ4n) is 2.80. The number of carbonyl (C=O) groups is 2. The number of likely N-dealkylation sites (tertiary alicyclic amines) is 1. The third-order valence-corrected chi connectivity index (χ3v) is 4.11. The van der Waals surface area contributed by atoms with Gasteiger partial charge in [-0.25, -0.2) is 4.99 Å². The molecule has 3 N–H and O–H groups in total. The molecule has 0 unspecified atom stereocenters. The quantitative estimate of drug-likeness (QED) is 0.278. The predicted molar refractivity (Wildman–Crippen MR) is 107 cm³/mol. The van der Waals surface area contributed by atoms with Gasteiger partial charge in [0, 0.05) is 43.9 Å². The van der Waals surface area contributed by atoms with Crippen LogP contribution in [-0.2, 0) is 9.59 Å². The van der Waals surface area contributed by atoms with E-state index in [4.69, 9.17) is 6.42 Å². The number of guanidine groups is 1. The van der Waals surface area contributed by atoms with Crippen LogP contribution in [0.2, 0.25) is 0 Å². The number of hydrogen-bond acceptors (Lipinski definition) is 3. The molecule has 1 heterocycles. The molecular weight excluding hydrogens is 342 g/mol. The van der Waals surface area contributed by atoms with Crippen LogP contribution in [0, 0.1) is 12.3 Å². The second-order valence-electron chi connectivity index (χ2n) is 6.23. The molecule has 1 fully saturated rings. The highest BCUT2D eigenvalue weighted by Gasteiger charge is 2.18. The molecule has 0 aromatic heterocycles. The molecule has 2 amide bonds. The van der Waals surface area contributed by atoms with E-state index >= 15 is 0 Å². The van der Waals surface area contributed by atoms with E-state index in [0.29, 0.717) is 36.7 Å². The number of aliphatic imine (C=N–C) groups is 1. The molecule has 1 aliphatic rings. The first-order valence-corrected chi connectivity index (χ1v) is 9.29. The Morgan fingerprint density at radius 3 is 2.93 bits per heavy atom. The molecule has 7 nitrogen and oxygen atoms in total. The Hall–Kier alpha value is -3.01. The zero-order chi connectivity index (χ0) is 19.5. The zero-order valence-electron chi connectivity index (χ0n) is 15.8. The van der Waals surface area contributed by atoms with E-state index in [0.717, 1.165) is 25.9 Å². The summed E-state index contributed by atoms with van der Waals surface area (Å²) in [7, 11) is 0. The Kier molecular flexibility index (Phi) is 8.17. The zero-order valence-corrected chi connectivity index (χ0v) is 15.8. The van der Waals surface area contributed by atoms with E-state index in [1.54, 1.807) is 24.3 Å². The largest absolute Gasteiger partial charge is 0.357 e. The van der Waals surface area contributed by atoms with Crippen molar-refractivity contribution in [2.75, 3.05) is 38.0 Å². The summed E-state index contributed by atoms with van der Waals surface area (Å²) in [5, 5.41) is 9.08. The first-order chi connectivity index (χ1) is 13.1. The van der Waals surface area contributed by atoms with Crippen molar-refractivity contribution in [2.24, 2.45) is 4.99 Å². The number of terminal acetylenes is 1. The Labute approximate surface area is 160 Å². The maximum atomic E-state index is 12.1. The third kappa shape index (κ3) is 7.02. The standard InChI is InChI=1S/C20H27N5O2/c1-3-16-8-5-9-17(14-16)24-18(26)15-23-20(21-4-2)22-11-7-13-25-12-6-10-19(25)27/h1,5,8-9,14H,4,6-7,10-13,15H2,2H3,(H,24,26)(H2,21,22,23). The van der Waals surface area contributed by atoms with E-state index in [1.807, 2.05) is 11.8 Å². The normalized spacial score (nSPS) is 14.0. The number of rotatable bonds is 8. The van der Waals surface area contributed by atoms with E-state index < -0.39 is 0 Å². The fourth-order valence-corrected chi connectivity index (χ4v) is 2.80. The molecule has 7 heteroatoms. The van der Waals surface area contributed by atoms with Gasteiger partial charge in [-0.15, -0.1) is 6.42 Å². The molecule has 0 saturated carbocycles. The Balaban J connectivity index is 1.76. The number of nitrogens with zero attached hydrogens (tertiary/aromatic N) is 2. The van der Waals surface area contributed by atoms with E-state index in [1.165, 1.54) is 0 Å². The molecule has 2 rings (SSSR count). The number of anilines is 1. The van der Waals surface area contributed by atoms with Gasteiger partial charge in [0.2, 0.25) is 11.8 Å². The second kappa shape index (κ2) is 10.9. The van der Waals surface area contributed by atoms with Crippen LogP contribution in [0.5, 0.6) is 0 Å². The van der Waals surface area contributed by atoms with Crippen LogP contribution in [0.15, 0.2) is 29.3 Å². The summed E-state index contributed by atoms with van der Waals surface area (Å²) in [6.07, 6.45) is 7.82. The van der Waals surface area contributed by atoms with Gasteiger partial charge in [-0.2, -0.15) is 0 Å². The molecule has 0 spiro atoms. The SMILES string of the molecule is C#Cc1cccc(NC(=O)CN=C(NCC)NCCCN2CCCC2=O)c1. The molecule has 0 bridgehead atoms. The van der Waals surface area contributed by atoms with Crippen LogP contribution in [0.3, 0.4) is 0 Å². The lowest BCUT2D eigenvalue weighted by Crippen LogP contribution is -2.39. The average molecular weight is 369 g/mol. The summed E-state index contributed by atoms with van der Waals surface area (Å²) >= 11 is 0. The average Bonchev–Trinajstić information content (AvgIpc) is 3.08. The molecule has 27 heavy (non-hydrogen) atoms. The van der Waals surface area contributed by atoms with Crippen molar-refractivity contribution in [1.82, 2.24) is 15.5 Å². The van der Waals surface area contributed by atoms with Crippen LogP contribution < -0.4 is 16.0 Å². The van der Waals surface area contributed by atoms with Crippen molar-refractivity contribution in [3.63, 3.8) is 0 Å². The number of hydrogen-bond donors (Lipinski definition) is 3. The summed E-state index contributed by atoms with van der Waals surface area (Å²) in [4.78, 5) is 29.9. The van der Waals surface area contributed by atoms with Crippen LogP contribution in [0.4, 0.5) is 5.69 Å². The van der Waals surface area contributed by atoms with Crippen LogP contribution in [0.25, 0.3) is 0 Å². The smallest absolute Gasteiger partial charge is 0.246 e. The number of nitrogens with one attached hydrogen (secondary N) is 3. The highest BCUT2D eigenvalue weighted by atomic mass is 16.2. The predicted octanol–water partition coefficient (Wildman–Crippen LogP) is 1.17. The lowest BCUT2D eigenvalue weighted by atomic mass is 10.2. The van der Waals surface area contributed by atoms with E-state index in [9.17, 15) is 9.59 Å². The van der Waals surface area contributed by atoms with Crippen LogP contribution in [0.1, 0.15) is 31.7 Å². The molecular formula is C20H27N5O2. The molecule has 0 aliphatic carbocycles. The topological polar surface area (TPSA) is 85.8 Å². The van der Waals surface area contributed by atoms with Crippen molar-refractivity contribution in [3.05, 3.63) is 29.8 Å². The first kappa shape index (κ1) is 20.3. The molecule has 0 atom stereocenters. The van der Waals surface area contributed by atoms with Crippen molar-refractivity contribution >= 4 is 23.5 Å². The van der Waals surface area contributed by atoms with Crippen LogP contribution >= 0.6 is 0 Å².